The first-order chi connectivity index (χ1) is 12.9. The third kappa shape index (κ3) is 3.78. The largest absolute Gasteiger partial charge is 0.328 e. The average molecular weight is 389 g/mol. The second kappa shape index (κ2) is 7.75. The number of pyridine rings is 2. The third-order valence-electron chi connectivity index (χ3n) is 4.43. The van der Waals surface area contributed by atoms with Crippen LogP contribution in [0.5, 0.6) is 0 Å². The lowest BCUT2D eigenvalue weighted by Crippen LogP contribution is -2.37. The van der Waals surface area contributed by atoms with E-state index in [1.165, 1.54) is 24.4 Å². The molecular formula is C19H18ClFN4O2. The molecule has 1 atom stereocenters. The maximum Gasteiger partial charge on any atom is 0.322 e. The van der Waals surface area contributed by atoms with Gasteiger partial charge in [0, 0.05) is 30.8 Å². The summed E-state index contributed by atoms with van der Waals surface area (Å²) in [6, 6.07) is 5.06. The molecule has 8 heteroatoms. The smallest absolute Gasteiger partial charge is 0.322 e. The summed E-state index contributed by atoms with van der Waals surface area (Å²) in [4.78, 5) is 33.0. The van der Waals surface area contributed by atoms with E-state index in [9.17, 15) is 14.0 Å². The Balaban J connectivity index is 1.91. The molecule has 0 saturated heterocycles. The Bertz CT molecular complexity index is 1050. The van der Waals surface area contributed by atoms with Gasteiger partial charge in [-0.1, -0.05) is 11.6 Å². The van der Waals surface area contributed by atoms with Gasteiger partial charge in [-0.05, 0) is 49.1 Å². The highest BCUT2D eigenvalue weighted by Crippen LogP contribution is 2.26. The number of amides is 2. The molecule has 0 spiro atoms. The molecule has 2 amide bonds. The first-order valence-corrected chi connectivity index (χ1v) is 8.78. The standard InChI is InChI=1S/C19H18ClFN4O2/c1-3-25(19(27)24-12-4-5-17(21)16(20)8-12)11(2)14-10-23-18(26)15-9-22-7-6-13(14)15/h4-11H,3H2,1-2H3,(H,23,26)(H,24,27)/t11-/m1/s1. The molecule has 3 aromatic rings. The molecule has 0 aliphatic rings. The quantitative estimate of drug-likeness (QED) is 0.698. The van der Waals surface area contributed by atoms with Crippen LogP contribution in [0.2, 0.25) is 5.02 Å². The Labute approximate surface area is 160 Å². The highest BCUT2D eigenvalue weighted by molar-refractivity contribution is 6.31. The Morgan fingerprint density at radius 3 is 2.85 bits per heavy atom. The van der Waals surface area contributed by atoms with Gasteiger partial charge in [0.1, 0.15) is 5.82 Å². The van der Waals surface area contributed by atoms with Gasteiger partial charge in [-0.15, -0.1) is 0 Å². The van der Waals surface area contributed by atoms with Gasteiger partial charge < -0.3 is 15.2 Å². The molecule has 0 unspecified atom stereocenters. The summed E-state index contributed by atoms with van der Waals surface area (Å²) in [7, 11) is 0. The van der Waals surface area contributed by atoms with E-state index in [1.807, 2.05) is 13.8 Å². The van der Waals surface area contributed by atoms with Crippen molar-refractivity contribution >= 4 is 34.1 Å². The van der Waals surface area contributed by atoms with E-state index < -0.39 is 5.82 Å². The van der Waals surface area contributed by atoms with Crippen LogP contribution in [0.15, 0.2) is 47.7 Å². The second-order valence-corrected chi connectivity index (χ2v) is 6.42. The first-order valence-electron chi connectivity index (χ1n) is 8.40. The monoisotopic (exact) mass is 388 g/mol. The second-order valence-electron chi connectivity index (χ2n) is 6.02. The van der Waals surface area contributed by atoms with Crippen LogP contribution < -0.4 is 10.9 Å². The van der Waals surface area contributed by atoms with Crippen LogP contribution >= 0.6 is 11.6 Å². The van der Waals surface area contributed by atoms with Crippen molar-refractivity contribution in [2.45, 2.75) is 19.9 Å². The van der Waals surface area contributed by atoms with E-state index in [4.69, 9.17) is 11.6 Å². The van der Waals surface area contributed by atoms with Crippen molar-refractivity contribution in [3.05, 3.63) is 69.6 Å². The molecule has 27 heavy (non-hydrogen) atoms. The predicted molar refractivity (Wildman–Crippen MR) is 104 cm³/mol. The minimum atomic E-state index is -0.552. The molecule has 6 nitrogen and oxygen atoms in total. The average Bonchev–Trinajstić information content (AvgIpc) is 2.66. The van der Waals surface area contributed by atoms with Crippen molar-refractivity contribution < 1.29 is 9.18 Å². The summed E-state index contributed by atoms with van der Waals surface area (Å²) in [5, 5.41) is 3.85. The van der Waals surface area contributed by atoms with Gasteiger partial charge in [-0.2, -0.15) is 0 Å². The van der Waals surface area contributed by atoms with Gasteiger partial charge in [0.05, 0.1) is 16.5 Å². The molecule has 0 radical (unpaired) electrons. The highest BCUT2D eigenvalue weighted by atomic mass is 35.5. The number of nitrogens with zero attached hydrogens (tertiary/aromatic N) is 2. The molecule has 0 aliphatic heterocycles. The van der Waals surface area contributed by atoms with Gasteiger partial charge in [0.25, 0.3) is 5.56 Å². The van der Waals surface area contributed by atoms with E-state index in [1.54, 1.807) is 23.4 Å². The number of carbonyl (C=O) groups excluding carboxylic acids is 1. The molecule has 2 aromatic heterocycles. The maximum absolute atomic E-state index is 13.3. The predicted octanol–water partition coefficient (Wildman–Crippen LogP) is 4.33. The number of H-pyrrole nitrogens is 1. The number of rotatable bonds is 4. The number of aromatic nitrogens is 2. The van der Waals surface area contributed by atoms with Crippen molar-refractivity contribution in [3.8, 4) is 0 Å². The number of benzene rings is 1. The van der Waals surface area contributed by atoms with Gasteiger partial charge >= 0.3 is 6.03 Å². The molecule has 2 heterocycles. The zero-order valence-electron chi connectivity index (χ0n) is 14.8. The van der Waals surface area contributed by atoms with Gasteiger partial charge in [0.2, 0.25) is 0 Å². The minimum absolute atomic E-state index is 0.0666. The van der Waals surface area contributed by atoms with E-state index >= 15 is 0 Å². The number of fused-ring (bicyclic) bond motifs is 1. The van der Waals surface area contributed by atoms with Gasteiger partial charge in [-0.3, -0.25) is 9.78 Å². The third-order valence-corrected chi connectivity index (χ3v) is 4.72. The van der Waals surface area contributed by atoms with Crippen LogP contribution in [0.4, 0.5) is 14.9 Å². The van der Waals surface area contributed by atoms with E-state index in [2.05, 4.69) is 15.3 Å². The summed E-state index contributed by atoms with van der Waals surface area (Å²) in [6.45, 7) is 4.14. The molecular weight excluding hydrogens is 371 g/mol. The van der Waals surface area contributed by atoms with Crippen molar-refractivity contribution in [2.24, 2.45) is 0 Å². The fourth-order valence-electron chi connectivity index (χ4n) is 3.00. The van der Waals surface area contributed by atoms with Crippen molar-refractivity contribution in [1.29, 1.82) is 0 Å². The van der Waals surface area contributed by atoms with Crippen LogP contribution in [0, 0.1) is 5.82 Å². The lowest BCUT2D eigenvalue weighted by molar-refractivity contribution is 0.197. The van der Waals surface area contributed by atoms with E-state index in [0.29, 0.717) is 17.6 Å². The lowest BCUT2D eigenvalue weighted by Gasteiger charge is -2.29. The van der Waals surface area contributed by atoms with Crippen molar-refractivity contribution in [1.82, 2.24) is 14.9 Å². The Hall–Kier alpha value is -2.93. The molecule has 0 fully saturated rings. The fraction of sp³-hybridized carbons (Fsp3) is 0.211. The van der Waals surface area contributed by atoms with Crippen LogP contribution in [0.1, 0.15) is 25.5 Å². The summed E-state index contributed by atoms with van der Waals surface area (Å²) in [5.41, 5.74) is 0.955. The molecule has 1 aromatic carbocycles. The zero-order chi connectivity index (χ0) is 19.6. The van der Waals surface area contributed by atoms with Gasteiger partial charge in [-0.25, -0.2) is 9.18 Å². The van der Waals surface area contributed by atoms with E-state index in [0.717, 1.165) is 10.9 Å². The molecule has 0 bridgehead atoms. The number of carbonyl (C=O) groups is 1. The fourth-order valence-corrected chi connectivity index (χ4v) is 3.18. The molecule has 140 valence electrons. The normalized spacial score (nSPS) is 12.0. The van der Waals surface area contributed by atoms with Crippen LogP contribution in [0.3, 0.4) is 0 Å². The summed E-state index contributed by atoms with van der Waals surface area (Å²) in [6.07, 6.45) is 4.72. The number of anilines is 1. The van der Waals surface area contributed by atoms with Crippen LogP contribution in [0.25, 0.3) is 10.8 Å². The maximum atomic E-state index is 13.3. The van der Waals surface area contributed by atoms with Crippen molar-refractivity contribution in [2.75, 3.05) is 11.9 Å². The number of hydrogen-bond donors (Lipinski definition) is 2. The number of hydrogen-bond acceptors (Lipinski definition) is 3. The first kappa shape index (κ1) is 18.8. The number of urea groups is 1. The van der Waals surface area contributed by atoms with Crippen molar-refractivity contribution in [3.63, 3.8) is 0 Å². The Morgan fingerprint density at radius 1 is 1.37 bits per heavy atom. The Morgan fingerprint density at radius 2 is 2.15 bits per heavy atom. The zero-order valence-corrected chi connectivity index (χ0v) is 15.5. The molecule has 0 aliphatic carbocycles. The number of aromatic amines is 1. The molecule has 0 saturated carbocycles. The molecule has 3 rings (SSSR count). The minimum Gasteiger partial charge on any atom is -0.328 e. The molecule has 2 N–H and O–H groups in total. The lowest BCUT2D eigenvalue weighted by atomic mass is 10.0. The Kier molecular flexibility index (Phi) is 5.41. The number of nitrogens with one attached hydrogen (secondary N) is 2. The van der Waals surface area contributed by atoms with Gasteiger partial charge in [0.15, 0.2) is 0 Å². The number of halogens is 2. The highest BCUT2D eigenvalue weighted by Gasteiger charge is 2.22. The summed E-state index contributed by atoms with van der Waals surface area (Å²) in [5.74, 6) is -0.552. The topological polar surface area (TPSA) is 78.1 Å². The van der Waals surface area contributed by atoms with Crippen LogP contribution in [-0.4, -0.2) is 27.4 Å². The summed E-state index contributed by atoms with van der Waals surface area (Å²) >= 11 is 5.77. The van der Waals surface area contributed by atoms with E-state index in [-0.39, 0.29) is 22.7 Å². The summed E-state index contributed by atoms with van der Waals surface area (Å²) < 4.78 is 13.3. The van der Waals surface area contributed by atoms with Crippen LogP contribution in [-0.2, 0) is 0 Å². The SMILES string of the molecule is CCN(C(=O)Nc1ccc(F)c(Cl)c1)[C@H](C)c1c[nH]c(=O)c2cnccc12.